The molecule has 0 radical (unpaired) electrons. The van der Waals surface area contributed by atoms with Gasteiger partial charge in [0.05, 0.1) is 19.1 Å². The van der Waals surface area contributed by atoms with Crippen LogP contribution in [0, 0.1) is 0 Å². The number of benzene rings is 1. The third-order valence-electron chi connectivity index (χ3n) is 4.00. The molecule has 1 atom stereocenters. The van der Waals surface area contributed by atoms with Crippen LogP contribution in [0.3, 0.4) is 0 Å². The van der Waals surface area contributed by atoms with E-state index < -0.39 is 11.4 Å². The van der Waals surface area contributed by atoms with E-state index in [9.17, 15) is 9.59 Å². The number of nitrogens with zero attached hydrogens (tertiary/aromatic N) is 5. The Balaban J connectivity index is 2.04. The molecule has 0 saturated carbocycles. The standard InChI is InChI=1S/C14H15N5O3/c1-14(8-19-11(12(20)22-3)15-16-17-19)9-6-4-5-7-10(9)18(2)13(14)21/h4-7H,8H2,1-3H3. The summed E-state index contributed by atoms with van der Waals surface area (Å²) in [5.41, 5.74) is 0.889. The number of hydrogen-bond donors (Lipinski definition) is 0. The Labute approximate surface area is 126 Å². The molecular formula is C14H15N5O3. The molecule has 1 aromatic carbocycles. The number of ether oxygens (including phenoxy) is 1. The highest BCUT2D eigenvalue weighted by Crippen LogP contribution is 2.41. The van der Waals surface area contributed by atoms with Crippen LogP contribution in [0.25, 0.3) is 0 Å². The van der Waals surface area contributed by atoms with Crippen molar-refractivity contribution in [1.82, 2.24) is 20.2 Å². The normalized spacial score (nSPS) is 20.1. The number of carbonyl (C=O) groups is 2. The maximum atomic E-state index is 12.7. The summed E-state index contributed by atoms with van der Waals surface area (Å²) in [6.45, 7) is 1.98. The van der Waals surface area contributed by atoms with Gasteiger partial charge in [-0.05, 0) is 29.0 Å². The number of tetrazole rings is 1. The Hall–Kier alpha value is -2.77. The monoisotopic (exact) mass is 301 g/mol. The zero-order chi connectivity index (χ0) is 15.9. The van der Waals surface area contributed by atoms with Crippen molar-refractivity contribution in [2.45, 2.75) is 18.9 Å². The first kappa shape index (κ1) is 14.2. The van der Waals surface area contributed by atoms with Crippen molar-refractivity contribution in [3.63, 3.8) is 0 Å². The predicted octanol–water partition coefficient (Wildman–Crippen LogP) is 0.394. The molecule has 0 fully saturated rings. The van der Waals surface area contributed by atoms with Crippen LogP contribution < -0.4 is 4.90 Å². The molecule has 8 heteroatoms. The summed E-state index contributed by atoms with van der Waals surface area (Å²) in [4.78, 5) is 26.0. The first-order valence-electron chi connectivity index (χ1n) is 6.71. The summed E-state index contributed by atoms with van der Waals surface area (Å²) in [5.74, 6) is -0.732. The van der Waals surface area contributed by atoms with Gasteiger partial charge in [-0.3, -0.25) is 4.79 Å². The summed E-state index contributed by atoms with van der Waals surface area (Å²) < 4.78 is 5.96. The lowest BCUT2D eigenvalue weighted by Crippen LogP contribution is -2.40. The molecule has 22 heavy (non-hydrogen) atoms. The van der Waals surface area contributed by atoms with E-state index in [1.54, 1.807) is 11.9 Å². The number of para-hydroxylation sites is 1. The second-order valence-electron chi connectivity index (χ2n) is 5.37. The third kappa shape index (κ3) is 1.87. The van der Waals surface area contributed by atoms with Crippen molar-refractivity contribution in [1.29, 1.82) is 0 Å². The molecule has 0 bridgehead atoms. The Morgan fingerprint density at radius 3 is 2.82 bits per heavy atom. The Kier molecular flexibility index (Phi) is 3.16. The van der Waals surface area contributed by atoms with Crippen molar-refractivity contribution in [3.8, 4) is 0 Å². The van der Waals surface area contributed by atoms with E-state index in [2.05, 4.69) is 20.3 Å². The highest BCUT2D eigenvalue weighted by Gasteiger charge is 2.47. The number of anilines is 1. The summed E-state index contributed by atoms with van der Waals surface area (Å²) in [5, 5.41) is 11.0. The van der Waals surface area contributed by atoms with Gasteiger partial charge in [0.25, 0.3) is 5.82 Å². The molecular weight excluding hydrogens is 286 g/mol. The van der Waals surface area contributed by atoms with Crippen LogP contribution in [0.15, 0.2) is 24.3 Å². The van der Waals surface area contributed by atoms with Gasteiger partial charge in [-0.25, -0.2) is 9.48 Å². The minimum Gasteiger partial charge on any atom is -0.463 e. The van der Waals surface area contributed by atoms with Gasteiger partial charge >= 0.3 is 5.97 Å². The van der Waals surface area contributed by atoms with Gasteiger partial charge in [0.2, 0.25) is 5.91 Å². The van der Waals surface area contributed by atoms with Crippen molar-refractivity contribution in [2.75, 3.05) is 19.1 Å². The van der Waals surface area contributed by atoms with Crippen LogP contribution >= 0.6 is 0 Å². The van der Waals surface area contributed by atoms with Gasteiger partial charge in [0, 0.05) is 12.7 Å². The Morgan fingerprint density at radius 1 is 1.36 bits per heavy atom. The average Bonchev–Trinajstić information content (AvgIpc) is 3.06. The SMILES string of the molecule is COC(=O)c1nnnn1CC1(C)C(=O)N(C)c2ccccc21. The molecule has 0 saturated heterocycles. The third-order valence-corrected chi connectivity index (χ3v) is 4.00. The molecule has 0 N–H and O–H groups in total. The van der Waals surface area contributed by atoms with Gasteiger partial charge in [-0.15, -0.1) is 5.10 Å². The van der Waals surface area contributed by atoms with E-state index in [-0.39, 0.29) is 18.3 Å². The molecule has 1 aliphatic rings. The lowest BCUT2D eigenvalue weighted by Gasteiger charge is -2.23. The summed E-state index contributed by atoms with van der Waals surface area (Å²) in [7, 11) is 2.99. The minimum atomic E-state index is -0.844. The Morgan fingerprint density at radius 2 is 2.09 bits per heavy atom. The van der Waals surface area contributed by atoms with Gasteiger partial charge in [-0.2, -0.15) is 0 Å². The molecule has 2 aromatic rings. The van der Waals surface area contributed by atoms with Crippen molar-refractivity contribution in [3.05, 3.63) is 35.7 Å². The number of likely N-dealkylation sites (N-methyl/N-ethyl adjacent to an activating group) is 1. The molecule has 1 aliphatic heterocycles. The highest BCUT2D eigenvalue weighted by molar-refractivity contribution is 6.07. The van der Waals surface area contributed by atoms with Gasteiger partial charge in [0.1, 0.15) is 0 Å². The van der Waals surface area contributed by atoms with Crippen molar-refractivity contribution < 1.29 is 14.3 Å². The fourth-order valence-corrected chi connectivity index (χ4v) is 2.83. The molecule has 0 spiro atoms. The molecule has 2 heterocycles. The molecule has 1 amide bonds. The molecule has 1 unspecified atom stereocenters. The minimum absolute atomic E-state index is 0.0245. The van der Waals surface area contributed by atoms with Gasteiger partial charge in [0.15, 0.2) is 0 Å². The van der Waals surface area contributed by atoms with Crippen LogP contribution in [0.5, 0.6) is 0 Å². The first-order valence-corrected chi connectivity index (χ1v) is 6.71. The zero-order valence-corrected chi connectivity index (χ0v) is 12.5. The highest BCUT2D eigenvalue weighted by atomic mass is 16.5. The number of methoxy groups -OCH3 is 1. The molecule has 1 aromatic heterocycles. The van der Waals surface area contributed by atoms with Crippen LogP contribution in [0.2, 0.25) is 0 Å². The lowest BCUT2D eigenvalue weighted by atomic mass is 9.83. The van der Waals surface area contributed by atoms with Gasteiger partial charge in [-0.1, -0.05) is 18.2 Å². The van der Waals surface area contributed by atoms with E-state index in [1.165, 1.54) is 11.8 Å². The van der Waals surface area contributed by atoms with Gasteiger partial charge < -0.3 is 9.64 Å². The lowest BCUT2D eigenvalue weighted by molar-refractivity contribution is -0.122. The van der Waals surface area contributed by atoms with E-state index in [0.717, 1.165) is 11.3 Å². The smallest absolute Gasteiger partial charge is 0.377 e. The summed E-state index contributed by atoms with van der Waals surface area (Å²) in [6, 6.07) is 7.55. The van der Waals surface area contributed by atoms with Crippen molar-refractivity contribution >= 4 is 17.6 Å². The summed E-state index contributed by atoms with van der Waals surface area (Å²) >= 11 is 0. The molecule has 8 nitrogen and oxygen atoms in total. The van der Waals surface area contributed by atoms with Crippen LogP contribution in [-0.2, 0) is 21.5 Å². The van der Waals surface area contributed by atoms with E-state index in [1.807, 2.05) is 31.2 Å². The molecule has 0 aliphatic carbocycles. The largest absolute Gasteiger partial charge is 0.463 e. The fourth-order valence-electron chi connectivity index (χ4n) is 2.83. The number of esters is 1. The second kappa shape index (κ2) is 4.90. The van der Waals surface area contributed by atoms with E-state index >= 15 is 0 Å². The van der Waals surface area contributed by atoms with E-state index in [4.69, 9.17) is 0 Å². The maximum absolute atomic E-state index is 12.7. The quantitative estimate of drug-likeness (QED) is 0.762. The number of aromatic nitrogens is 4. The van der Waals surface area contributed by atoms with E-state index in [0.29, 0.717) is 0 Å². The zero-order valence-electron chi connectivity index (χ0n) is 12.5. The number of hydrogen-bond acceptors (Lipinski definition) is 6. The number of carbonyl (C=O) groups excluding carboxylic acids is 2. The number of rotatable bonds is 3. The maximum Gasteiger partial charge on any atom is 0.377 e. The number of fused-ring (bicyclic) bond motifs is 1. The van der Waals surface area contributed by atoms with Crippen LogP contribution in [0.1, 0.15) is 23.1 Å². The van der Waals surface area contributed by atoms with Crippen LogP contribution in [-0.4, -0.2) is 46.2 Å². The Bertz CT molecular complexity index is 756. The predicted molar refractivity (Wildman–Crippen MR) is 76.4 cm³/mol. The van der Waals surface area contributed by atoms with Crippen LogP contribution in [0.4, 0.5) is 5.69 Å². The second-order valence-corrected chi connectivity index (χ2v) is 5.37. The average molecular weight is 301 g/mol. The number of amides is 1. The fraction of sp³-hybridized carbons (Fsp3) is 0.357. The molecule has 114 valence electrons. The first-order chi connectivity index (χ1) is 10.5. The van der Waals surface area contributed by atoms with Crippen molar-refractivity contribution in [2.24, 2.45) is 0 Å². The molecule has 3 rings (SSSR count). The topological polar surface area (TPSA) is 90.2 Å². The summed E-state index contributed by atoms with van der Waals surface area (Å²) in [6.07, 6.45) is 0.